The first-order valence-electron chi connectivity index (χ1n) is 6.26. The highest BCUT2D eigenvalue weighted by Crippen LogP contribution is 2.26. The van der Waals surface area contributed by atoms with Crippen molar-refractivity contribution in [2.45, 2.75) is 6.61 Å². The van der Waals surface area contributed by atoms with Crippen molar-refractivity contribution in [2.24, 2.45) is 0 Å². The summed E-state index contributed by atoms with van der Waals surface area (Å²) in [7, 11) is 1.62. The van der Waals surface area contributed by atoms with Crippen molar-refractivity contribution < 1.29 is 13.9 Å². The average Bonchev–Trinajstić information content (AvgIpc) is 2.85. The summed E-state index contributed by atoms with van der Waals surface area (Å²) in [4.78, 5) is 0. The Labute approximate surface area is 129 Å². The Morgan fingerprint density at radius 1 is 1.24 bits per heavy atom. The van der Waals surface area contributed by atoms with Crippen molar-refractivity contribution in [3.05, 3.63) is 58.6 Å². The second-order valence-corrected chi connectivity index (χ2v) is 5.37. The molecule has 0 spiro atoms. The number of halogens is 2. The Morgan fingerprint density at radius 2 is 2.00 bits per heavy atom. The van der Waals surface area contributed by atoms with Gasteiger partial charge < -0.3 is 9.47 Å². The zero-order valence-electron chi connectivity index (χ0n) is 11.2. The van der Waals surface area contributed by atoms with E-state index in [1.807, 2.05) is 24.3 Å². The fraction of sp³-hybridized carbons (Fsp3) is 0.133. The lowest BCUT2D eigenvalue weighted by molar-refractivity contribution is 0.308. The molecule has 108 valence electrons. The fourth-order valence-electron chi connectivity index (χ4n) is 2.00. The van der Waals surface area contributed by atoms with Crippen molar-refractivity contribution >= 4 is 21.4 Å². The van der Waals surface area contributed by atoms with Crippen molar-refractivity contribution in [3.8, 4) is 11.5 Å². The molecular formula is C15H12BrFN2O2. The summed E-state index contributed by atoms with van der Waals surface area (Å²) in [5.74, 6) is 0.820. The monoisotopic (exact) mass is 350 g/mol. The first-order valence-corrected chi connectivity index (χ1v) is 7.05. The Morgan fingerprint density at radius 3 is 2.71 bits per heavy atom. The maximum absolute atomic E-state index is 13.3. The van der Waals surface area contributed by atoms with E-state index in [4.69, 9.17) is 9.47 Å². The number of ether oxygens (including phenoxy) is 2. The quantitative estimate of drug-likeness (QED) is 0.717. The number of hydrogen-bond donors (Lipinski definition) is 0. The summed E-state index contributed by atoms with van der Waals surface area (Å²) in [6.45, 7) is 0.378. The van der Waals surface area contributed by atoms with E-state index in [0.29, 0.717) is 17.9 Å². The third-order valence-corrected chi connectivity index (χ3v) is 3.46. The van der Waals surface area contributed by atoms with E-state index < -0.39 is 5.95 Å². The van der Waals surface area contributed by atoms with Crippen molar-refractivity contribution in [1.29, 1.82) is 0 Å². The number of pyridine rings is 1. The molecule has 3 rings (SSSR count). The number of hydrogen-bond acceptors (Lipinski definition) is 3. The summed E-state index contributed by atoms with van der Waals surface area (Å²) < 4.78 is 26.4. The maximum atomic E-state index is 13.3. The van der Waals surface area contributed by atoms with Gasteiger partial charge in [0, 0.05) is 16.7 Å². The van der Waals surface area contributed by atoms with Gasteiger partial charge in [0.25, 0.3) is 0 Å². The minimum absolute atomic E-state index is 0.378. The van der Waals surface area contributed by atoms with Gasteiger partial charge in [0.2, 0.25) is 5.95 Å². The van der Waals surface area contributed by atoms with Crippen LogP contribution in [-0.4, -0.2) is 16.7 Å². The standard InChI is InChI=1S/C15H12BrFN2O2/c1-20-12-4-2-10(3-5-12)9-21-14-6-11(16)8-19-13(14)7-15(17)18-19/h2-8H,9H2,1H3. The lowest BCUT2D eigenvalue weighted by Crippen LogP contribution is -1.98. The van der Waals surface area contributed by atoms with Gasteiger partial charge in [-0.2, -0.15) is 4.39 Å². The molecule has 0 aliphatic rings. The average molecular weight is 351 g/mol. The minimum atomic E-state index is -0.539. The molecule has 2 heterocycles. The molecule has 0 radical (unpaired) electrons. The van der Waals surface area contributed by atoms with Gasteiger partial charge in [0.15, 0.2) is 0 Å². The number of benzene rings is 1. The fourth-order valence-corrected chi connectivity index (χ4v) is 2.40. The van der Waals surface area contributed by atoms with Crippen LogP contribution in [0.1, 0.15) is 5.56 Å². The summed E-state index contributed by atoms with van der Waals surface area (Å²) in [6, 6.07) is 10.7. The van der Waals surface area contributed by atoms with Crippen LogP contribution >= 0.6 is 15.9 Å². The van der Waals surface area contributed by atoms with E-state index in [2.05, 4.69) is 21.0 Å². The zero-order valence-corrected chi connectivity index (χ0v) is 12.8. The molecule has 6 heteroatoms. The molecule has 0 fully saturated rings. The largest absolute Gasteiger partial charge is 0.497 e. The summed E-state index contributed by atoms with van der Waals surface area (Å²) in [5.41, 5.74) is 1.58. The number of fused-ring (bicyclic) bond motifs is 1. The molecule has 3 aromatic rings. The predicted octanol–water partition coefficient (Wildman–Crippen LogP) is 3.82. The van der Waals surface area contributed by atoms with E-state index in [1.54, 1.807) is 19.4 Å². The lowest BCUT2D eigenvalue weighted by Gasteiger charge is -2.09. The van der Waals surface area contributed by atoms with Gasteiger partial charge in [-0.1, -0.05) is 12.1 Å². The first kappa shape index (κ1) is 13.9. The second kappa shape index (κ2) is 5.73. The third-order valence-electron chi connectivity index (χ3n) is 3.03. The van der Waals surface area contributed by atoms with Gasteiger partial charge >= 0.3 is 0 Å². The molecule has 1 aromatic carbocycles. The Kier molecular flexibility index (Phi) is 3.79. The zero-order chi connectivity index (χ0) is 14.8. The van der Waals surface area contributed by atoms with Crippen LogP contribution in [0.4, 0.5) is 4.39 Å². The molecule has 0 unspecified atom stereocenters. The molecular weight excluding hydrogens is 339 g/mol. The van der Waals surface area contributed by atoms with E-state index >= 15 is 0 Å². The predicted molar refractivity (Wildman–Crippen MR) is 80.2 cm³/mol. The maximum Gasteiger partial charge on any atom is 0.233 e. The molecule has 0 saturated carbocycles. The number of rotatable bonds is 4. The van der Waals surface area contributed by atoms with E-state index in [0.717, 1.165) is 15.8 Å². The molecule has 0 N–H and O–H groups in total. The normalized spacial score (nSPS) is 10.8. The summed E-state index contributed by atoms with van der Waals surface area (Å²) in [5, 5.41) is 3.74. The molecule has 0 aliphatic carbocycles. The summed E-state index contributed by atoms with van der Waals surface area (Å²) >= 11 is 3.36. The molecule has 0 atom stereocenters. The molecule has 21 heavy (non-hydrogen) atoms. The smallest absolute Gasteiger partial charge is 0.233 e. The van der Waals surface area contributed by atoms with Crippen LogP contribution in [-0.2, 0) is 6.61 Å². The van der Waals surface area contributed by atoms with Gasteiger partial charge in [0.1, 0.15) is 23.6 Å². The SMILES string of the molecule is COc1ccc(COc2cc(Br)cn3nc(F)cc23)cc1. The molecule has 0 amide bonds. The highest BCUT2D eigenvalue weighted by Gasteiger charge is 2.09. The number of nitrogens with zero attached hydrogens (tertiary/aromatic N) is 2. The number of aromatic nitrogens is 2. The van der Waals surface area contributed by atoms with Crippen molar-refractivity contribution in [3.63, 3.8) is 0 Å². The minimum Gasteiger partial charge on any atom is -0.497 e. The van der Waals surface area contributed by atoms with E-state index in [1.165, 1.54) is 10.6 Å². The molecule has 2 aromatic heterocycles. The topological polar surface area (TPSA) is 35.8 Å². The molecule has 0 aliphatic heterocycles. The van der Waals surface area contributed by atoms with Gasteiger partial charge in [-0.3, -0.25) is 0 Å². The van der Waals surface area contributed by atoms with Crippen LogP contribution in [0.25, 0.3) is 5.52 Å². The van der Waals surface area contributed by atoms with Crippen LogP contribution in [0.2, 0.25) is 0 Å². The molecule has 0 bridgehead atoms. The summed E-state index contributed by atoms with van der Waals surface area (Å²) in [6.07, 6.45) is 1.68. The van der Waals surface area contributed by atoms with E-state index in [-0.39, 0.29) is 0 Å². The molecule has 0 saturated heterocycles. The second-order valence-electron chi connectivity index (χ2n) is 4.46. The van der Waals surface area contributed by atoms with Crippen molar-refractivity contribution in [2.75, 3.05) is 7.11 Å². The van der Waals surface area contributed by atoms with Gasteiger partial charge in [0.05, 0.1) is 7.11 Å². The Hall–Kier alpha value is -2.08. The van der Waals surface area contributed by atoms with E-state index in [9.17, 15) is 4.39 Å². The highest BCUT2D eigenvalue weighted by molar-refractivity contribution is 9.10. The first-order chi connectivity index (χ1) is 10.2. The molecule has 4 nitrogen and oxygen atoms in total. The van der Waals surface area contributed by atoms with Crippen molar-refractivity contribution in [1.82, 2.24) is 9.61 Å². The Bertz CT molecular complexity index is 771. The van der Waals surface area contributed by atoms with Gasteiger partial charge in [-0.25, -0.2) is 4.52 Å². The van der Waals surface area contributed by atoms with Crippen LogP contribution in [0.5, 0.6) is 11.5 Å². The van der Waals surface area contributed by atoms with Crippen LogP contribution in [0, 0.1) is 5.95 Å². The van der Waals surface area contributed by atoms with Gasteiger partial charge in [-0.15, -0.1) is 5.10 Å². The lowest BCUT2D eigenvalue weighted by atomic mass is 10.2. The number of methoxy groups -OCH3 is 1. The third kappa shape index (κ3) is 3.00. The van der Waals surface area contributed by atoms with Crippen LogP contribution < -0.4 is 9.47 Å². The van der Waals surface area contributed by atoms with Gasteiger partial charge in [-0.05, 0) is 39.7 Å². The van der Waals surface area contributed by atoms with Crippen LogP contribution in [0.15, 0.2) is 47.1 Å². The Balaban J connectivity index is 1.83. The highest BCUT2D eigenvalue weighted by atomic mass is 79.9. The van der Waals surface area contributed by atoms with Crippen LogP contribution in [0.3, 0.4) is 0 Å².